The maximum Gasteiger partial charge on any atom is 0.336 e. The number of ether oxygens (including phenoxy) is 2. The van der Waals surface area contributed by atoms with E-state index in [0.717, 1.165) is 19.6 Å². The number of carbonyl (C=O) groups is 3. The number of carbonyl (C=O) groups excluding carboxylic acids is 3. The van der Waals surface area contributed by atoms with Gasteiger partial charge in [0.05, 0.1) is 14.3 Å². The molecule has 30 heavy (non-hydrogen) atoms. The highest BCUT2D eigenvalue weighted by Crippen LogP contribution is 2.37. The van der Waals surface area contributed by atoms with Gasteiger partial charge in [0.1, 0.15) is 17.5 Å². The fourth-order valence-corrected chi connectivity index (χ4v) is 6.26. The molecule has 0 aliphatic heterocycles. The second kappa shape index (κ2) is 11.4. The number of benzene rings is 2. The second-order valence-electron chi connectivity index (χ2n) is 6.10. The number of halogens is 4. The van der Waals surface area contributed by atoms with Crippen LogP contribution in [0.3, 0.4) is 0 Å². The van der Waals surface area contributed by atoms with Crippen LogP contribution < -0.4 is 10.1 Å². The molecule has 0 aliphatic rings. The highest BCUT2D eigenvalue weighted by atomic mass is 127. The van der Waals surface area contributed by atoms with Gasteiger partial charge in [0, 0.05) is 20.3 Å². The van der Waals surface area contributed by atoms with Gasteiger partial charge in [-0.1, -0.05) is 0 Å². The summed E-state index contributed by atoms with van der Waals surface area (Å²) in [4.78, 5) is 34.7. The number of esters is 2. The largest absolute Gasteiger partial charge is 0.506 e. The van der Waals surface area contributed by atoms with Crippen LogP contribution in [0.4, 0.5) is 0 Å². The maximum atomic E-state index is 12.2. The van der Waals surface area contributed by atoms with Crippen molar-refractivity contribution in [1.82, 2.24) is 5.32 Å². The smallest absolute Gasteiger partial charge is 0.336 e. The quantitative estimate of drug-likeness (QED) is 0.248. The number of hydrogen-bond acceptors (Lipinski definition) is 6. The fourth-order valence-electron chi connectivity index (χ4n) is 2.43. The molecule has 0 bridgehead atoms. The number of rotatable bonds is 6. The summed E-state index contributed by atoms with van der Waals surface area (Å²) < 4.78 is 13.6. The third-order valence-electron chi connectivity index (χ3n) is 3.61. The first kappa shape index (κ1) is 25.8. The predicted octanol–water partition coefficient (Wildman–Crippen LogP) is 4.74. The number of phenolic OH excluding ortho intramolecular Hbond substituents is 1. The van der Waals surface area contributed by atoms with Crippen molar-refractivity contribution in [2.75, 3.05) is 0 Å². The third kappa shape index (κ3) is 7.32. The Morgan fingerprint density at radius 3 is 1.97 bits per heavy atom. The molecule has 160 valence electrons. The van der Waals surface area contributed by atoms with Gasteiger partial charge in [-0.05, 0) is 120 Å². The number of nitrogens with one attached hydrogen (secondary N) is 1. The van der Waals surface area contributed by atoms with Crippen molar-refractivity contribution in [2.45, 2.75) is 26.3 Å². The third-order valence-corrected chi connectivity index (χ3v) is 6.86. The Balaban J connectivity index is 2.29. The summed E-state index contributed by atoms with van der Waals surface area (Å²) in [6.45, 7) is 2.42. The minimum absolute atomic E-state index is 0.160. The Kier molecular flexibility index (Phi) is 9.85. The van der Waals surface area contributed by atoms with Gasteiger partial charge < -0.3 is 19.9 Å². The molecule has 2 aromatic rings. The Labute approximate surface area is 227 Å². The Bertz CT molecular complexity index is 965. The van der Waals surface area contributed by atoms with Crippen LogP contribution in [0.2, 0.25) is 0 Å². The minimum atomic E-state index is -0.981. The summed E-state index contributed by atoms with van der Waals surface area (Å²) >= 11 is 8.34. The molecule has 1 amide bonds. The lowest BCUT2D eigenvalue weighted by atomic mass is 10.1. The van der Waals surface area contributed by atoms with Crippen LogP contribution in [0, 0.1) is 14.3 Å². The van der Waals surface area contributed by atoms with Gasteiger partial charge >= 0.3 is 11.9 Å². The molecule has 0 heterocycles. The SMILES string of the molecule is CC(=O)NC(Cc1cc(I)c(Oc2cc(I)c(O)c(I)c2)c(I)c1)C(=O)OC(C)=O. The van der Waals surface area contributed by atoms with Crippen LogP contribution in [0.1, 0.15) is 19.4 Å². The maximum absolute atomic E-state index is 12.2. The van der Waals surface area contributed by atoms with Crippen molar-refractivity contribution in [3.05, 3.63) is 44.1 Å². The Hall–Kier alpha value is -0.430. The standard InChI is InChI=1S/C19H15I4NO6/c1-8(25)24-16(19(28)29-9(2)26)5-10-3-14(22)18(15(23)4-10)30-11-6-12(20)17(27)13(21)7-11/h3-4,6-7,16,27H,5H2,1-2H3,(H,24,25). The van der Waals surface area contributed by atoms with E-state index < -0.39 is 23.9 Å². The van der Waals surface area contributed by atoms with Crippen molar-refractivity contribution in [3.63, 3.8) is 0 Å². The van der Waals surface area contributed by atoms with Gasteiger partial charge in [-0.15, -0.1) is 0 Å². The zero-order chi connectivity index (χ0) is 22.6. The molecule has 7 nitrogen and oxygen atoms in total. The highest BCUT2D eigenvalue weighted by Gasteiger charge is 2.24. The lowest BCUT2D eigenvalue weighted by molar-refractivity contribution is -0.160. The summed E-state index contributed by atoms with van der Waals surface area (Å²) in [6, 6.07) is 6.17. The van der Waals surface area contributed by atoms with E-state index in [1.807, 2.05) is 57.3 Å². The molecule has 0 aromatic heterocycles. The molecular weight excluding hydrogens is 846 g/mol. The predicted molar refractivity (Wildman–Crippen MR) is 144 cm³/mol. The number of phenols is 1. The van der Waals surface area contributed by atoms with E-state index in [-0.39, 0.29) is 12.2 Å². The lowest BCUT2D eigenvalue weighted by Gasteiger charge is -2.17. The van der Waals surface area contributed by atoms with E-state index in [4.69, 9.17) is 4.74 Å². The molecule has 11 heteroatoms. The van der Waals surface area contributed by atoms with Crippen molar-refractivity contribution in [1.29, 1.82) is 0 Å². The number of amides is 1. The zero-order valence-corrected chi connectivity index (χ0v) is 24.2. The Morgan fingerprint density at radius 2 is 1.50 bits per heavy atom. The molecule has 2 aromatic carbocycles. The summed E-state index contributed by atoms with van der Waals surface area (Å²) in [5, 5.41) is 12.4. The van der Waals surface area contributed by atoms with Crippen LogP contribution in [-0.2, 0) is 25.5 Å². The van der Waals surface area contributed by atoms with E-state index in [9.17, 15) is 19.5 Å². The van der Waals surface area contributed by atoms with Crippen molar-refractivity contribution < 1.29 is 29.0 Å². The first-order valence-electron chi connectivity index (χ1n) is 8.31. The van der Waals surface area contributed by atoms with Crippen LogP contribution in [0.25, 0.3) is 0 Å². The molecule has 1 atom stereocenters. The van der Waals surface area contributed by atoms with Gasteiger partial charge in [0.25, 0.3) is 0 Å². The zero-order valence-electron chi connectivity index (χ0n) is 15.6. The number of hydrogen-bond donors (Lipinski definition) is 2. The van der Waals surface area contributed by atoms with E-state index in [1.54, 1.807) is 12.1 Å². The van der Waals surface area contributed by atoms with Crippen LogP contribution in [0.15, 0.2) is 24.3 Å². The van der Waals surface area contributed by atoms with Gasteiger partial charge in [0.15, 0.2) is 5.75 Å². The van der Waals surface area contributed by atoms with E-state index in [1.165, 1.54) is 6.92 Å². The first-order chi connectivity index (χ1) is 14.0. The summed E-state index contributed by atoms with van der Waals surface area (Å²) in [6.07, 6.45) is 0.160. The molecule has 0 saturated carbocycles. The fraction of sp³-hybridized carbons (Fsp3) is 0.211. The van der Waals surface area contributed by atoms with E-state index in [0.29, 0.717) is 18.6 Å². The molecule has 0 radical (unpaired) electrons. The monoisotopic (exact) mass is 861 g/mol. The van der Waals surface area contributed by atoms with E-state index >= 15 is 0 Å². The summed E-state index contributed by atoms with van der Waals surface area (Å²) in [5.74, 6) is -0.505. The highest BCUT2D eigenvalue weighted by molar-refractivity contribution is 14.1. The molecule has 0 aliphatic carbocycles. The lowest BCUT2D eigenvalue weighted by Crippen LogP contribution is -2.42. The van der Waals surface area contributed by atoms with Gasteiger partial charge in [-0.2, -0.15) is 0 Å². The minimum Gasteiger partial charge on any atom is -0.506 e. The molecule has 2 rings (SSSR count). The van der Waals surface area contributed by atoms with Crippen molar-refractivity contribution in [2.24, 2.45) is 0 Å². The Morgan fingerprint density at radius 1 is 0.967 bits per heavy atom. The average molecular weight is 861 g/mol. The average Bonchev–Trinajstić information content (AvgIpc) is 2.61. The van der Waals surface area contributed by atoms with Gasteiger partial charge in [-0.25, -0.2) is 4.79 Å². The van der Waals surface area contributed by atoms with Crippen LogP contribution in [0.5, 0.6) is 17.2 Å². The molecule has 2 N–H and O–H groups in total. The number of aromatic hydroxyl groups is 1. The molecule has 1 unspecified atom stereocenters. The molecule has 0 spiro atoms. The first-order valence-corrected chi connectivity index (χ1v) is 12.6. The van der Waals surface area contributed by atoms with Crippen molar-refractivity contribution in [3.8, 4) is 17.2 Å². The topological polar surface area (TPSA) is 102 Å². The van der Waals surface area contributed by atoms with Gasteiger partial charge in [-0.3, -0.25) is 9.59 Å². The summed E-state index contributed by atoms with van der Waals surface area (Å²) in [5.41, 5.74) is 0.769. The molecule has 0 fully saturated rings. The molecular formula is C19H15I4NO6. The van der Waals surface area contributed by atoms with Crippen molar-refractivity contribution >= 4 is 108 Å². The van der Waals surface area contributed by atoms with Gasteiger partial charge in [0.2, 0.25) is 5.91 Å². The normalized spacial score (nSPS) is 11.5. The summed E-state index contributed by atoms with van der Waals surface area (Å²) in [7, 11) is 0. The van der Waals surface area contributed by atoms with Crippen LogP contribution >= 0.6 is 90.4 Å². The second-order valence-corrected chi connectivity index (χ2v) is 10.7. The van der Waals surface area contributed by atoms with Crippen LogP contribution in [-0.4, -0.2) is 29.0 Å². The molecule has 0 saturated heterocycles. The van der Waals surface area contributed by atoms with E-state index in [2.05, 4.69) is 55.2 Å².